The molecule has 1 aliphatic heterocycles. The molecule has 1 aromatic rings. The van der Waals surface area contributed by atoms with Crippen molar-refractivity contribution in [1.82, 2.24) is 0 Å². The number of hydrogen-bond acceptors (Lipinski definition) is 2. The van der Waals surface area contributed by atoms with Crippen molar-refractivity contribution in [1.29, 1.82) is 0 Å². The lowest BCUT2D eigenvalue weighted by Crippen LogP contribution is -2.25. The third-order valence-electron chi connectivity index (χ3n) is 2.85. The highest BCUT2D eigenvalue weighted by atomic mass is 79.9. The van der Waals surface area contributed by atoms with Crippen molar-refractivity contribution >= 4 is 15.9 Å². The Morgan fingerprint density at radius 2 is 2.29 bits per heavy atom. The summed E-state index contributed by atoms with van der Waals surface area (Å²) in [6.07, 6.45) is 3.39. The monoisotopic (exact) mass is 302 g/mol. The molecule has 1 fully saturated rings. The minimum absolute atomic E-state index is 0.110. The van der Waals surface area contributed by atoms with Crippen LogP contribution in [0.3, 0.4) is 0 Å². The molecule has 0 aromatic heterocycles. The summed E-state index contributed by atoms with van der Waals surface area (Å²) in [6.45, 7) is 1.23. The molecule has 1 unspecified atom stereocenters. The van der Waals surface area contributed by atoms with Crippen molar-refractivity contribution in [3.63, 3.8) is 0 Å². The number of ether oxygens (including phenoxy) is 2. The lowest BCUT2D eigenvalue weighted by Gasteiger charge is -2.22. The van der Waals surface area contributed by atoms with Crippen molar-refractivity contribution in [3.8, 4) is 5.75 Å². The van der Waals surface area contributed by atoms with Crippen LogP contribution in [-0.2, 0) is 10.1 Å². The zero-order valence-electron chi connectivity index (χ0n) is 9.62. The summed E-state index contributed by atoms with van der Waals surface area (Å²) in [7, 11) is 0. The molecule has 0 amide bonds. The lowest BCUT2D eigenvalue weighted by molar-refractivity contribution is -0.0117. The fourth-order valence-electron chi connectivity index (χ4n) is 1.87. The molecular formula is C13H16BrFO2. The van der Waals surface area contributed by atoms with E-state index in [-0.39, 0.29) is 11.9 Å². The Labute approximate surface area is 109 Å². The summed E-state index contributed by atoms with van der Waals surface area (Å²) in [5.74, 6) is 0.00151. The number of alkyl halides is 1. The van der Waals surface area contributed by atoms with E-state index < -0.39 is 0 Å². The number of halogens is 2. The third-order valence-corrected chi connectivity index (χ3v) is 3.50. The molecule has 0 aliphatic carbocycles. The highest BCUT2D eigenvalue weighted by Crippen LogP contribution is 2.21. The minimum atomic E-state index is -0.308. The summed E-state index contributed by atoms with van der Waals surface area (Å²) in [6, 6.07) is 5.02. The fourth-order valence-corrected chi connectivity index (χ4v) is 2.21. The molecule has 1 aliphatic rings. The highest BCUT2D eigenvalue weighted by molar-refractivity contribution is 9.08. The van der Waals surface area contributed by atoms with Gasteiger partial charge in [-0.2, -0.15) is 0 Å². The van der Waals surface area contributed by atoms with Gasteiger partial charge >= 0.3 is 0 Å². The molecule has 0 spiro atoms. The molecule has 1 atom stereocenters. The number of hydrogen-bond donors (Lipinski definition) is 0. The van der Waals surface area contributed by atoms with Gasteiger partial charge in [0.1, 0.15) is 6.61 Å². The zero-order chi connectivity index (χ0) is 12.1. The van der Waals surface area contributed by atoms with Crippen LogP contribution >= 0.6 is 15.9 Å². The maximum absolute atomic E-state index is 13.6. The van der Waals surface area contributed by atoms with Crippen LogP contribution in [0.4, 0.5) is 4.39 Å². The summed E-state index contributed by atoms with van der Waals surface area (Å²) in [5.41, 5.74) is 0.906. The van der Waals surface area contributed by atoms with E-state index in [2.05, 4.69) is 15.9 Å². The Bertz CT molecular complexity index is 364. The van der Waals surface area contributed by atoms with E-state index in [1.54, 1.807) is 6.07 Å². The third kappa shape index (κ3) is 3.68. The molecule has 0 N–H and O–H groups in total. The van der Waals surface area contributed by atoms with Crippen LogP contribution in [-0.4, -0.2) is 19.3 Å². The smallest absolute Gasteiger partial charge is 0.165 e. The van der Waals surface area contributed by atoms with Crippen LogP contribution in [0, 0.1) is 5.82 Å². The quantitative estimate of drug-likeness (QED) is 0.790. The zero-order valence-corrected chi connectivity index (χ0v) is 11.2. The Hall–Kier alpha value is -0.610. The van der Waals surface area contributed by atoms with Gasteiger partial charge in [-0.15, -0.1) is 0 Å². The van der Waals surface area contributed by atoms with Crippen LogP contribution in [0.2, 0.25) is 0 Å². The van der Waals surface area contributed by atoms with Crippen molar-refractivity contribution < 1.29 is 13.9 Å². The average molecular weight is 303 g/mol. The molecule has 1 saturated heterocycles. The van der Waals surface area contributed by atoms with Gasteiger partial charge in [0, 0.05) is 11.9 Å². The van der Waals surface area contributed by atoms with Gasteiger partial charge in [-0.1, -0.05) is 22.0 Å². The maximum atomic E-state index is 13.6. The summed E-state index contributed by atoms with van der Waals surface area (Å²) in [4.78, 5) is 0. The lowest BCUT2D eigenvalue weighted by atomic mass is 10.1. The van der Waals surface area contributed by atoms with Crippen molar-refractivity contribution in [2.45, 2.75) is 30.7 Å². The predicted octanol–water partition coefficient (Wildman–Crippen LogP) is 3.67. The molecule has 0 radical (unpaired) electrons. The molecule has 1 heterocycles. The fraction of sp³-hybridized carbons (Fsp3) is 0.538. The van der Waals surface area contributed by atoms with Gasteiger partial charge in [0.2, 0.25) is 0 Å². The molecule has 17 heavy (non-hydrogen) atoms. The second-order valence-corrected chi connectivity index (χ2v) is 4.76. The van der Waals surface area contributed by atoms with Crippen molar-refractivity contribution in [3.05, 3.63) is 29.6 Å². The van der Waals surface area contributed by atoms with Crippen molar-refractivity contribution in [2.75, 3.05) is 13.2 Å². The first-order valence-electron chi connectivity index (χ1n) is 5.88. The van der Waals surface area contributed by atoms with Gasteiger partial charge in [-0.3, -0.25) is 0 Å². The van der Waals surface area contributed by atoms with E-state index in [9.17, 15) is 4.39 Å². The standard InChI is InChI=1S/C13H16BrFO2/c14-8-10-4-5-13(12(15)7-10)17-9-11-3-1-2-6-16-11/h4-5,7,11H,1-3,6,8-9H2. The van der Waals surface area contributed by atoms with Crippen LogP contribution < -0.4 is 4.74 Å². The van der Waals surface area contributed by atoms with Crippen LogP contribution in [0.5, 0.6) is 5.75 Å². The first-order chi connectivity index (χ1) is 8.29. The highest BCUT2D eigenvalue weighted by Gasteiger charge is 2.15. The largest absolute Gasteiger partial charge is 0.488 e. The maximum Gasteiger partial charge on any atom is 0.165 e. The van der Waals surface area contributed by atoms with Gasteiger partial charge in [-0.05, 0) is 37.0 Å². The first-order valence-corrected chi connectivity index (χ1v) is 7.00. The molecule has 1 aromatic carbocycles. The molecule has 2 nitrogen and oxygen atoms in total. The molecule has 0 saturated carbocycles. The van der Waals surface area contributed by atoms with E-state index in [1.165, 1.54) is 12.5 Å². The van der Waals surface area contributed by atoms with E-state index >= 15 is 0 Å². The van der Waals surface area contributed by atoms with E-state index in [1.807, 2.05) is 6.07 Å². The molecular weight excluding hydrogens is 287 g/mol. The Morgan fingerprint density at radius 3 is 2.94 bits per heavy atom. The minimum Gasteiger partial charge on any atom is -0.488 e. The normalized spacial score (nSPS) is 20.2. The van der Waals surface area contributed by atoms with Gasteiger partial charge in [0.15, 0.2) is 11.6 Å². The van der Waals surface area contributed by atoms with Crippen LogP contribution in [0.15, 0.2) is 18.2 Å². The molecule has 0 bridgehead atoms. The van der Waals surface area contributed by atoms with Crippen LogP contribution in [0.1, 0.15) is 24.8 Å². The van der Waals surface area contributed by atoms with Gasteiger partial charge in [0.25, 0.3) is 0 Å². The Balaban J connectivity index is 1.89. The van der Waals surface area contributed by atoms with E-state index in [0.717, 1.165) is 25.0 Å². The van der Waals surface area contributed by atoms with Crippen molar-refractivity contribution in [2.24, 2.45) is 0 Å². The molecule has 4 heteroatoms. The second kappa shape index (κ2) is 6.36. The average Bonchev–Trinajstić information content (AvgIpc) is 2.38. The van der Waals surface area contributed by atoms with Gasteiger partial charge in [-0.25, -0.2) is 4.39 Å². The second-order valence-electron chi connectivity index (χ2n) is 4.20. The Kier molecular flexibility index (Phi) is 4.80. The summed E-state index contributed by atoms with van der Waals surface area (Å²) in [5, 5.41) is 0.649. The van der Waals surface area contributed by atoms with Crippen LogP contribution in [0.25, 0.3) is 0 Å². The number of benzene rings is 1. The first kappa shape index (κ1) is 12.8. The SMILES string of the molecule is Fc1cc(CBr)ccc1OCC1CCCCO1. The predicted molar refractivity (Wildman–Crippen MR) is 68.1 cm³/mol. The topological polar surface area (TPSA) is 18.5 Å². The van der Waals surface area contributed by atoms with E-state index in [0.29, 0.717) is 17.7 Å². The van der Waals surface area contributed by atoms with Gasteiger partial charge in [0.05, 0.1) is 6.10 Å². The molecule has 2 rings (SSSR count). The van der Waals surface area contributed by atoms with Gasteiger partial charge < -0.3 is 9.47 Å². The molecule has 94 valence electrons. The summed E-state index contributed by atoms with van der Waals surface area (Å²) >= 11 is 3.29. The number of rotatable bonds is 4. The Morgan fingerprint density at radius 1 is 1.41 bits per heavy atom. The summed E-state index contributed by atoms with van der Waals surface area (Å²) < 4.78 is 24.6. The van der Waals surface area contributed by atoms with E-state index in [4.69, 9.17) is 9.47 Å².